The molecule has 0 spiro atoms. The van der Waals surface area contributed by atoms with E-state index in [2.05, 4.69) is 30.8 Å². The van der Waals surface area contributed by atoms with E-state index in [9.17, 15) is 0 Å². The molecular formula is C12H17NS. The molecule has 0 saturated heterocycles. The van der Waals surface area contributed by atoms with Gasteiger partial charge in [-0.1, -0.05) is 18.2 Å². The minimum Gasteiger partial charge on any atom is -0.274 e. The summed E-state index contributed by atoms with van der Waals surface area (Å²) in [5, 5.41) is 5.41. The maximum atomic E-state index is 5.41. The molecule has 1 nitrogen and oxygen atoms in total. The van der Waals surface area contributed by atoms with Crippen LogP contribution in [0.4, 0.5) is 0 Å². The van der Waals surface area contributed by atoms with Crippen molar-refractivity contribution in [3.63, 3.8) is 0 Å². The zero-order chi connectivity index (χ0) is 10.4. The molecule has 0 amide bonds. The van der Waals surface area contributed by atoms with Crippen LogP contribution < -0.4 is 5.14 Å². The number of benzene rings is 1. The number of hydrogen-bond donors (Lipinski definition) is 1. The average Bonchev–Trinajstić information content (AvgIpc) is 3.03. The van der Waals surface area contributed by atoms with Gasteiger partial charge in [0, 0.05) is 4.90 Å². The van der Waals surface area contributed by atoms with Crippen molar-refractivity contribution in [2.75, 3.05) is 0 Å². The Morgan fingerprint density at radius 1 is 1.36 bits per heavy atom. The fourth-order valence-electron chi connectivity index (χ4n) is 1.24. The van der Waals surface area contributed by atoms with Crippen LogP contribution in [0, 0.1) is 0 Å². The number of rotatable bonds is 2. The van der Waals surface area contributed by atoms with Gasteiger partial charge in [-0.3, -0.25) is 5.14 Å². The highest BCUT2D eigenvalue weighted by Crippen LogP contribution is 2.40. The van der Waals surface area contributed by atoms with Gasteiger partial charge in [0.1, 0.15) is 0 Å². The highest BCUT2D eigenvalue weighted by atomic mass is 32.2. The third-order valence-corrected chi connectivity index (χ3v) is 2.61. The van der Waals surface area contributed by atoms with Crippen LogP contribution in [0.15, 0.2) is 41.8 Å². The van der Waals surface area contributed by atoms with Crippen LogP contribution in [-0.2, 0) is 0 Å². The standard InChI is InChI=1S/C9H11NS.C3H6/c10-11-9-5-3-8(4-6-9)7-1-2-7;1-3-2/h3-7H,1-2,10H2;3H,1H2,2H3. The fourth-order valence-corrected chi connectivity index (χ4v) is 1.53. The number of hydrogen-bond acceptors (Lipinski definition) is 2. The predicted molar refractivity (Wildman–Crippen MR) is 64.3 cm³/mol. The first-order valence-corrected chi connectivity index (χ1v) is 5.73. The van der Waals surface area contributed by atoms with Crippen LogP contribution in [0.5, 0.6) is 0 Å². The van der Waals surface area contributed by atoms with Gasteiger partial charge in [0.15, 0.2) is 0 Å². The third kappa shape index (κ3) is 3.56. The van der Waals surface area contributed by atoms with Gasteiger partial charge in [-0.05, 0) is 55.3 Å². The monoisotopic (exact) mass is 207 g/mol. The first kappa shape index (κ1) is 11.3. The minimum absolute atomic E-state index is 0.854. The van der Waals surface area contributed by atoms with Gasteiger partial charge < -0.3 is 0 Å². The summed E-state index contributed by atoms with van der Waals surface area (Å²) in [5.41, 5.74) is 1.47. The van der Waals surface area contributed by atoms with Crippen LogP contribution in [-0.4, -0.2) is 0 Å². The van der Waals surface area contributed by atoms with Crippen molar-refractivity contribution in [1.82, 2.24) is 0 Å². The number of nitrogens with two attached hydrogens (primary N) is 1. The predicted octanol–water partition coefficient (Wildman–Crippen LogP) is 3.72. The minimum atomic E-state index is 0.854. The Labute approximate surface area is 90.5 Å². The molecule has 1 aromatic rings. The van der Waals surface area contributed by atoms with Gasteiger partial charge in [-0.2, -0.15) is 0 Å². The van der Waals surface area contributed by atoms with E-state index in [0.717, 1.165) is 10.8 Å². The molecule has 1 aliphatic rings. The Morgan fingerprint density at radius 3 is 2.21 bits per heavy atom. The van der Waals surface area contributed by atoms with Gasteiger partial charge in [0.05, 0.1) is 0 Å². The Kier molecular flexibility index (Phi) is 4.77. The van der Waals surface area contributed by atoms with Gasteiger partial charge in [-0.15, -0.1) is 6.58 Å². The van der Waals surface area contributed by atoms with E-state index in [1.54, 1.807) is 6.08 Å². The van der Waals surface area contributed by atoms with Crippen molar-refractivity contribution < 1.29 is 0 Å². The number of allylic oxidation sites excluding steroid dienone is 1. The molecule has 0 aromatic heterocycles. The van der Waals surface area contributed by atoms with Crippen LogP contribution in [0.25, 0.3) is 0 Å². The first-order valence-electron chi connectivity index (χ1n) is 4.85. The Morgan fingerprint density at radius 2 is 1.86 bits per heavy atom. The lowest BCUT2D eigenvalue weighted by Crippen LogP contribution is -1.81. The van der Waals surface area contributed by atoms with E-state index in [1.165, 1.54) is 30.4 Å². The van der Waals surface area contributed by atoms with E-state index in [1.807, 2.05) is 6.92 Å². The van der Waals surface area contributed by atoms with Crippen molar-refractivity contribution in [2.24, 2.45) is 5.14 Å². The van der Waals surface area contributed by atoms with Crippen LogP contribution in [0.3, 0.4) is 0 Å². The maximum absolute atomic E-state index is 5.41. The molecule has 1 aromatic carbocycles. The van der Waals surface area contributed by atoms with E-state index in [0.29, 0.717) is 0 Å². The van der Waals surface area contributed by atoms with E-state index < -0.39 is 0 Å². The molecule has 2 heteroatoms. The lowest BCUT2D eigenvalue weighted by molar-refractivity contribution is 1.12. The zero-order valence-corrected chi connectivity index (χ0v) is 9.39. The Balaban J connectivity index is 0.000000293. The average molecular weight is 207 g/mol. The van der Waals surface area contributed by atoms with Crippen molar-refractivity contribution >= 4 is 11.9 Å². The largest absolute Gasteiger partial charge is 0.274 e. The SMILES string of the molecule is C=CC.NSc1ccc(C2CC2)cc1. The van der Waals surface area contributed by atoms with E-state index in [4.69, 9.17) is 5.14 Å². The summed E-state index contributed by atoms with van der Waals surface area (Å²) < 4.78 is 0. The van der Waals surface area contributed by atoms with Crippen LogP contribution in [0.2, 0.25) is 0 Å². The van der Waals surface area contributed by atoms with E-state index in [-0.39, 0.29) is 0 Å². The Bertz CT molecular complexity index is 275. The third-order valence-electron chi connectivity index (χ3n) is 2.06. The normalized spacial score (nSPS) is 14.1. The molecule has 0 heterocycles. The molecule has 0 radical (unpaired) electrons. The van der Waals surface area contributed by atoms with Crippen molar-refractivity contribution in [3.05, 3.63) is 42.5 Å². The molecule has 0 unspecified atom stereocenters. The molecule has 76 valence electrons. The van der Waals surface area contributed by atoms with Gasteiger partial charge in [0.2, 0.25) is 0 Å². The Hall–Kier alpha value is -0.730. The maximum Gasteiger partial charge on any atom is 0.0226 e. The molecule has 2 N–H and O–H groups in total. The molecular weight excluding hydrogens is 190 g/mol. The summed E-state index contributed by atoms with van der Waals surface area (Å²) in [6.07, 6.45) is 4.49. The van der Waals surface area contributed by atoms with Gasteiger partial charge in [-0.25, -0.2) is 0 Å². The molecule has 0 aliphatic heterocycles. The summed E-state index contributed by atoms with van der Waals surface area (Å²) in [6.45, 7) is 5.25. The second-order valence-corrected chi connectivity index (χ2v) is 4.08. The molecule has 0 bridgehead atoms. The topological polar surface area (TPSA) is 26.0 Å². The van der Waals surface area contributed by atoms with Gasteiger partial charge in [0.25, 0.3) is 0 Å². The molecule has 14 heavy (non-hydrogen) atoms. The second-order valence-electron chi connectivity index (χ2n) is 3.37. The molecule has 1 aliphatic carbocycles. The van der Waals surface area contributed by atoms with Crippen molar-refractivity contribution in [2.45, 2.75) is 30.6 Å². The zero-order valence-electron chi connectivity index (χ0n) is 8.57. The summed E-state index contributed by atoms with van der Waals surface area (Å²) in [5.74, 6) is 0.854. The second kappa shape index (κ2) is 5.89. The molecule has 0 atom stereocenters. The first-order chi connectivity index (χ1) is 6.81. The molecule has 1 fully saturated rings. The highest BCUT2D eigenvalue weighted by molar-refractivity contribution is 7.97. The van der Waals surface area contributed by atoms with Crippen molar-refractivity contribution in [3.8, 4) is 0 Å². The van der Waals surface area contributed by atoms with Crippen molar-refractivity contribution in [1.29, 1.82) is 0 Å². The van der Waals surface area contributed by atoms with E-state index >= 15 is 0 Å². The lowest BCUT2D eigenvalue weighted by Gasteiger charge is -1.98. The summed E-state index contributed by atoms with van der Waals surface area (Å²) in [7, 11) is 0. The summed E-state index contributed by atoms with van der Waals surface area (Å²) >= 11 is 1.31. The van der Waals surface area contributed by atoms with Gasteiger partial charge >= 0.3 is 0 Å². The molecule has 1 saturated carbocycles. The smallest absolute Gasteiger partial charge is 0.0226 e. The summed E-state index contributed by atoms with van der Waals surface area (Å²) in [4.78, 5) is 1.15. The lowest BCUT2D eigenvalue weighted by atomic mass is 10.1. The fraction of sp³-hybridized carbons (Fsp3) is 0.333. The highest BCUT2D eigenvalue weighted by Gasteiger charge is 2.22. The van der Waals surface area contributed by atoms with Crippen LogP contribution >= 0.6 is 11.9 Å². The van der Waals surface area contributed by atoms with Crippen LogP contribution in [0.1, 0.15) is 31.2 Å². The summed E-state index contributed by atoms with van der Waals surface area (Å²) in [6, 6.07) is 8.57. The molecule has 2 rings (SSSR count). The quantitative estimate of drug-likeness (QED) is 0.591.